The molecule has 0 bridgehead atoms. The monoisotopic (exact) mass is 263 g/mol. The SMILES string of the molecule is N#Cc1ccccc1[C@H](C#N)c1ccc([N+](=O)[O-])cc1. The van der Waals surface area contributed by atoms with Crippen LogP contribution in [0.15, 0.2) is 48.5 Å². The van der Waals surface area contributed by atoms with Crippen molar-refractivity contribution in [2.45, 2.75) is 5.92 Å². The van der Waals surface area contributed by atoms with E-state index in [2.05, 4.69) is 12.1 Å². The van der Waals surface area contributed by atoms with Crippen LogP contribution in [0.3, 0.4) is 0 Å². The number of benzene rings is 2. The van der Waals surface area contributed by atoms with Crippen LogP contribution in [0.4, 0.5) is 5.69 Å². The zero-order valence-electron chi connectivity index (χ0n) is 10.4. The van der Waals surface area contributed by atoms with Gasteiger partial charge in [0, 0.05) is 12.1 Å². The summed E-state index contributed by atoms with van der Waals surface area (Å²) in [7, 11) is 0. The highest BCUT2D eigenvalue weighted by Gasteiger charge is 2.17. The minimum absolute atomic E-state index is 0.0287. The van der Waals surface area contributed by atoms with Crippen molar-refractivity contribution < 1.29 is 4.92 Å². The van der Waals surface area contributed by atoms with Crippen molar-refractivity contribution >= 4 is 5.69 Å². The van der Waals surface area contributed by atoms with Crippen LogP contribution in [-0.4, -0.2) is 4.92 Å². The Morgan fingerprint density at radius 3 is 2.25 bits per heavy atom. The number of hydrogen-bond donors (Lipinski definition) is 0. The summed E-state index contributed by atoms with van der Waals surface area (Å²) < 4.78 is 0. The maximum atomic E-state index is 10.6. The van der Waals surface area contributed by atoms with Crippen LogP contribution < -0.4 is 0 Å². The van der Waals surface area contributed by atoms with E-state index >= 15 is 0 Å². The molecule has 0 unspecified atom stereocenters. The Hall–Kier alpha value is -3.18. The molecule has 0 aromatic heterocycles. The van der Waals surface area contributed by atoms with Crippen molar-refractivity contribution in [3.8, 4) is 12.1 Å². The van der Waals surface area contributed by atoms with E-state index in [0.29, 0.717) is 16.7 Å². The molecule has 2 rings (SSSR count). The minimum atomic E-state index is -0.619. The summed E-state index contributed by atoms with van der Waals surface area (Å²) in [6.07, 6.45) is 0. The predicted molar refractivity (Wildman–Crippen MR) is 71.7 cm³/mol. The van der Waals surface area contributed by atoms with Gasteiger partial charge in [-0.05, 0) is 17.2 Å². The van der Waals surface area contributed by atoms with E-state index in [1.54, 1.807) is 36.4 Å². The highest BCUT2D eigenvalue weighted by Crippen LogP contribution is 2.27. The van der Waals surface area contributed by atoms with Gasteiger partial charge < -0.3 is 0 Å². The van der Waals surface area contributed by atoms with Gasteiger partial charge in [-0.15, -0.1) is 0 Å². The highest BCUT2D eigenvalue weighted by atomic mass is 16.6. The molecule has 1 atom stereocenters. The molecule has 5 nitrogen and oxygen atoms in total. The molecule has 0 aliphatic rings. The molecule has 96 valence electrons. The Balaban J connectivity index is 2.46. The van der Waals surface area contributed by atoms with Crippen LogP contribution in [0.1, 0.15) is 22.6 Å². The smallest absolute Gasteiger partial charge is 0.258 e. The minimum Gasteiger partial charge on any atom is -0.258 e. The van der Waals surface area contributed by atoms with Crippen LogP contribution >= 0.6 is 0 Å². The molecule has 2 aromatic rings. The standard InChI is InChI=1S/C15H9N3O2/c16-9-12-3-1-2-4-14(12)15(10-17)11-5-7-13(8-6-11)18(19)20/h1-8,15H/t15-/m1/s1. The van der Waals surface area contributed by atoms with Crippen LogP contribution in [0.2, 0.25) is 0 Å². The number of nitrogens with zero attached hydrogens (tertiary/aromatic N) is 3. The van der Waals surface area contributed by atoms with E-state index < -0.39 is 10.8 Å². The van der Waals surface area contributed by atoms with Gasteiger partial charge in [-0.25, -0.2) is 0 Å². The molecule has 2 aromatic carbocycles. The number of rotatable bonds is 3. The largest absolute Gasteiger partial charge is 0.269 e. The number of nitriles is 2. The second kappa shape index (κ2) is 5.64. The molecule has 20 heavy (non-hydrogen) atoms. The molecule has 0 aliphatic carbocycles. The van der Waals surface area contributed by atoms with Crippen LogP contribution in [0.5, 0.6) is 0 Å². The van der Waals surface area contributed by atoms with Gasteiger partial charge in [0.2, 0.25) is 0 Å². The Bertz CT molecular complexity index is 724. The fourth-order valence-electron chi connectivity index (χ4n) is 1.96. The Labute approximate surface area is 115 Å². The fraction of sp³-hybridized carbons (Fsp3) is 0.0667. The van der Waals surface area contributed by atoms with Crippen LogP contribution in [-0.2, 0) is 0 Å². The molecule has 0 radical (unpaired) electrons. The molecule has 5 heteroatoms. The highest BCUT2D eigenvalue weighted by molar-refractivity contribution is 5.48. The molecule has 0 spiro atoms. The first-order valence-electron chi connectivity index (χ1n) is 5.80. The second-order valence-electron chi connectivity index (χ2n) is 4.11. The fourth-order valence-corrected chi connectivity index (χ4v) is 1.96. The third-order valence-electron chi connectivity index (χ3n) is 2.96. The maximum Gasteiger partial charge on any atom is 0.269 e. The third kappa shape index (κ3) is 2.47. The van der Waals surface area contributed by atoms with Gasteiger partial charge in [-0.1, -0.05) is 30.3 Å². The first-order valence-corrected chi connectivity index (χ1v) is 5.80. The van der Waals surface area contributed by atoms with Crippen molar-refractivity contribution in [3.05, 3.63) is 75.3 Å². The summed E-state index contributed by atoms with van der Waals surface area (Å²) in [6, 6.07) is 16.8. The van der Waals surface area contributed by atoms with Crippen LogP contribution in [0.25, 0.3) is 0 Å². The topological polar surface area (TPSA) is 90.7 Å². The average molecular weight is 263 g/mol. The van der Waals surface area contributed by atoms with Crippen molar-refractivity contribution in [1.29, 1.82) is 10.5 Å². The van der Waals surface area contributed by atoms with Gasteiger partial charge in [0.1, 0.15) is 0 Å². The summed E-state index contributed by atoms with van der Waals surface area (Å²) >= 11 is 0. The molecule has 0 N–H and O–H groups in total. The van der Waals surface area contributed by atoms with Gasteiger partial charge in [0.05, 0.1) is 28.5 Å². The van der Waals surface area contributed by atoms with Gasteiger partial charge in [-0.3, -0.25) is 10.1 Å². The normalized spacial score (nSPS) is 11.1. The van der Waals surface area contributed by atoms with Gasteiger partial charge in [0.25, 0.3) is 5.69 Å². The van der Waals surface area contributed by atoms with E-state index in [4.69, 9.17) is 5.26 Å². The van der Waals surface area contributed by atoms with Crippen molar-refractivity contribution in [2.24, 2.45) is 0 Å². The summed E-state index contributed by atoms with van der Waals surface area (Å²) in [4.78, 5) is 10.1. The first-order chi connectivity index (χ1) is 9.67. The van der Waals surface area contributed by atoms with E-state index in [1.165, 1.54) is 12.1 Å². The maximum absolute atomic E-state index is 10.6. The molecule has 0 saturated heterocycles. The lowest BCUT2D eigenvalue weighted by molar-refractivity contribution is -0.384. The van der Waals surface area contributed by atoms with Crippen LogP contribution in [0, 0.1) is 32.8 Å². The lowest BCUT2D eigenvalue weighted by Crippen LogP contribution is -2.01. The van der Waals surface area contributed by atoms with Gasteiger partial charge in [0.15, 0.2) is 0 Å². The molecule has 0 saturated carbocycles. The third-order valence-corrected chi connectivity index (χ3v) is 2.96. The van der Waals surface area contributed by atoms with E-state index in [0.717, 1.165) is 0 Å². The predicted octanol–water partition coefficient (Wildman–Crippen LogP) is 3.12. The Kier molecular flexibility index (Phi) is 3.74. The molecule has 0 amide bonds. The summed E-state index contributed by atoms with van der Waals surface area (Å²) in [5, 5.41) is 29.0. The summed E-state index contributed by atoms with van der Waals surface area (Å²) in [6.45, 7) is 0. The number of nitro groups is 1. The van der Waals surface area contributed by atoms with Gasteiger partial charge >= 0.3 is 0 Å². The molecule has 0 fully saturated rings. The summed E-state index contributed by atoms with van der Waals surface area (Å²) in [5.41, 5.74) is 1.63. The van der Waals surface area contributed by atoms with E-state index in [-0.39, 0.29) is 5.69 Å². The zero-order valence-corrected chi connectivity index (χ0v) is 10.4. The number of hydrogen-bond acceptors (Lipinski definition) is 4. The molecule has 0 heterocycles. The molecular weight excluding hydrogens is 254 g/mol. The average Bonchev–Trinajstić information content (AvgIpc) is 2.49. The lowest BCUT2D eigenvalue weighted by Gasteiger charge is -2.11. The zero-order chi connectivity index (χ0) is 14.5. The van der Waals surface area contributed by atoms with Crippen molar-refractivity contribution in [2.75, 3.05) is 0 Å². The quantitative estimate of drug-likeness (QED) is 0.628. The number of non-ortho nitro benzene ring substituents is 1. The molecule has 0 aliphatic heterocycles. The lowest BCUT2D eigenvalue weighted by atomic mass is 9.89. The second-order valence-corrected chi connectivity index (χ2v) is 4.11. The van der Waals surface area contributed by atoms with E-state index in [9.17, 15) is 15.4 Å². The number of nitro benzene ring substituents is 1. The summed E-state index contributed by atoms with van der Waals surface area (Å²) in [5.74, 6) is -0.619. The first kappa shape index (κ1) is 13.3. The van der Waals surface area contributed by atoms with Crippen molar-refractivity contribution in [1.82, 2.24) is 0 Å². The van der Waals surface area contributed by atoms with Crippen molar-refractivity contribution in [3.63, 3.8) is 0 Å². The van der Waals surface area contributed by atoms with E-state index in [1.807, 2.05) is 0 Å². The molecular formula is C15H9N3O2. The Morgan fingerprint density at radius 1 is 1.05 bits per heavy atom. The Morgan fingerprint density at radius 2 is 1.70 bits per heavy atom. The van der Waals surface area contributed by atoms with Gasteiger partial charge in [-0.2, -0.15) is 10.5 Å².